The molecule has 0 spiro atoms. The quantitative estimate of drug-likeness (QED) is 0.617. The topological polar surface area (TPSA) is 35.1 Å². The van der Waals surface area contributed by atoms with Gasteiger partial charge in [0, 0.05) is 12.6 Å². The summed E-state index contributed by atoms with van der Waals surface area (Å²) in [5, 5.41) is 0.420. The van der Waals surface area contributed by atoms with Crippen molar-refractivity contribution in [1.82, 2.24) is 4.57 Å². The molecule has 0 bridgehead atoms. The number of aromatic nitrogens is 1. The van der Waals surface area contributed by atoms with E-state index in [4.69, 9.17) is 22.4 Å². The Labute approximate surface area is 84.9 Å². The number of nitrogens with zero attached hydrogens (tertiary/aromatic N) is 1. The molecule has 0 fully saturated rings. The Bertz CT molecular complexity index is 601. The third kappa shape index (κ3) is 1.12. The normalized spacial score (nSPS) is 10.4. The highest BCUT2D eigenvalue weighted by Gasteiger charge is 2.10. The minimum atomic E-state index is -0.448. The molecule has 0 unspecified atom stereocenters. The molecule has 1 aromatic heterocycles. The monoisotopic (exact) mass is 207 g/mol. The number of rotatable bonds is 0. The molecule has 0 atom stereocenters. The lowest BCUT2D eigenvalue weighted by Crippen LogP contribution is -2.08. The van der Waals surface area contributed by atoms with E-state index in [-0.39, 0.29) is 0 Å². The first-order valence-electron chi connectivity index (χ1n) is 3.89. The molecule has 3 nitrogen and oxygen atoms in total. The van der Waals surface area contributed by atoms with Crippen LogP contribution in [-0.4, -0.2) is 4.57 Å². The first kappa shape index (κ1) is 8.92. The molecule has 0 N–H and O–H groups in total. The Hall–Kier alpha value is -1.66. The second kappa shape index (κ2) is 2.93. The predicted molar refractivity (Wildman–Crippen MR) is 54.4 cm³/mol. The molecule has 1 heterocycles. The van der Waals surface area contributed by atoms with Crippen LogP contribution in [0.1, 0.15) is 5.56 Å². The summed E-state index contributed by atoms with van der Waals surface area (Å²) in [6.07, 6.45) is 5.22. The van der Waals surface area contributed by atoms with Crippen LogP contribution in [0.2, 0.25) is 5.02 Å². The summed E-state index contributed by atoms with van der Waals surface area (Å²) in [6, 6.07) is 3.24. The number of halogens is 1. The van der Waals surface area contributed by atoms with Crippen LogP contribution in [0.3, 0.4) is 0 Å². The van der Waals surface area contributed by atoms with E-state index < -0.39 is 5.76 Å². The van der Waals surface area contributed by atoms with Crippen LogP contribution in [0.15, 0.2) is 21.3 Å². The summed E-state index contributed by atoms with van der Waals surface area (Å²) in [6.45, 7) is 0. The van der Waals surface area contributed by atoms with Gasteiger partial charge in [0.2, 0.25) is 0 Å². The molecule has 0 aliphatic carbocycles. The molecule has 0 aliphatic heterocycles. The first-order valence-corrected chi connectivity index (χ1v) is 4.27. The summed E-state index contributed by atoms with van der Waals surface area (Å²) in [5.41, 5.74) is 1.57. The first-order chi connectivity index (χ1) is 6.63. The lowest BCUT2D eigenvalue weighted by molar-refractivity contribution is 0.528. The van der Waals surface area contributed by atoms with E-state index >= 15 is 0 Å². The highest BCUT2D eigenvalue weighted by atomic mass is 35.5. The maximum Gasteiger partial charge on any atom is 0.419 e. The Morgan fingerprint density at radius 3 is 2.93 bits per heavy atom. The number of benzene rings is 1. The van der Waals surface area contributed by atoms with E-state index in [1.165, 1.54) is 4.57 Å². The van der Waals surface area contributed by atoms with Crippen molar-refractivity contribution in [2.45, 2.75) is 0 Å². The molecule has 70 valence electrons. The smallest absolute Gasteiger partial charge is 0.408 e. The molecule has 1 aromatic carbocycles. The van der Waals surface area contributed by atoms with E-state index in [0.29, 0.717) is 21.7 Å². The van der Waals surface area contributed by atoms with Crippen LogP contribution in [0.4, 0.5) is 0 Å². The maximum atomic E-state index is 11.2. The predicted octanol–water partition coefficient (Wildman–Crippen LogP) is 1.77. The van der Waals surface area contributed by atoms with Gasteiger partial charge in [-0.15, -0.1) is 6.42 Å². The van der Waals surface area contributed by atoms with Crippen LogP contribution in [0.25, 0.3) is 11.1 Å². The van der Waals surface area contributed by atoms with E-state index in [1.54, 1.807) is 19.2 Å². The van der Waals surface area contributed by atoms with Crippen molar-refractivity contribution >= 4 is 22.7 Å². The van der Waals surface area contributed by atoms with Gasteiger partial charge in [-0.25, -0.2) is 4.79 Å². The van der Waals surface area contributed by atoms with Crippen LogP contribution in [0.5, 0.6) is 0 Å². The average molecular weight is 208 g/mol. The Kier molecular flexibility index (Phi) is 1.87. The minimum absolute atomic E-state index is 0.415. The zero-order valence-electron chi connectivity index (χ0n) is 7.37. The van der Waals surface area contributed by atoms with E-state index in [1.807, 2.05) is 0 Å². The summed E-state index contributed by atoms with van der Waals surface area (Å²) < 4.78 is 6.29. The van der Waals surface area contributed by atoms with Gasteiger partial charge in [0.25, 0.3) is 0 Å². The van der Waals surface area contributed by atoms with Gasteiger partial charge in [-0.05, 0) is 12.1 Å². The molecule has 0 amide bonds. The molecule has 0 radical (unpaired) electrons. The average Bonchev–Trinajstić information content (AvgIpc) is 2.43. The van der Waals surface area contributed by atoms with Gasteiger partial charge >= 0.3 is 5.76 Å². The number of hydrogen-bond acceptors (Lipinski definition) is 2. The van der Waals surface area contributed by atoms with Gasteiger partial charge in [0.1, 0.15) is 5.52 Å². The van der Waals surface area contributed by atoms with Crippen molar-refractivity contribution in [3.8, 4) is 12.3 Å². The molecule has 0 aliphatic rings. The molecule has 14 heavy (non-hydrogen) atoms. The van der Waals surface area contributed by atoms with Gasteiger partial charge in [-0.2, -0.15) is 0 Å². The fourth-order valence-electron chi connectivity index (χ4n) is 1.31. The lowest BCUT2D eigenvalue weighted by Gasteiger charge is -1.96. The van der Waals surface area contributed by atoms with Crippen molar-refractivity contribution in [3.05, 3.63) is 33.3 Å². The van der Waals surface area contributed by atoms with Crippen molar-refractivity contribution in [2.75, 3.05) is 0 Å². The molecule has 2 aromatic rings. The van der Waals surface area contributed by atoms with Gasteiger partial charge in [-0.1, -0.05) is 17.5 Å². The van der Waals surface area contributed by atoms with Gasteiger partial charge in [0.15, 0.2) is 5.58 Å². The molecule has 0 saturated heterocycles. The Balaban J connectivity index is 2.99. The number of aryl methyl sites for hydroxylation is 1. The van der Waals surface area contributed by atoms with E-state index in [2.05, 4.69) is 5.92 Å². The molecule has 2 rings (SSSR count). The van der Waals surface area contributed by atoms with Crippen molar-refractivity contribution in [3.63, 3.8) is 0 Å². The number of terminal acetylenes is 1. The number of fused-ring (bicyclic) bond motifs is 1. The standard InChI is InChI=1S/C10H6ClNO2/c1-3-6-4-7(11)9-8(5-6)14-10(13)12(9)2/h1,4-5H,2H3. The van der Waals surface area contributed by atoms with Crippen molar-refractivity contribution in [1.29, 1.82) is 0 Å². The second-order valence-corrected chi connectivity index (χ2v) is 3.28. The van der Waals surface area contributed by atoms with Crippen LogP contribution in [0, 0.1) is 12.3 Å². The SMILES string of the molecule is C#Cc1cc(Cl)c2c(c1)oc(=O)n2C. The Morgan fingerprint density at radius 2 is 2.29 bits per heavy atom. The number of hydrogen-bond donors (Lipinski definition) is 0. The molecular formula is C10H6ClNO2. The third-order valence-electron chi connectivity index (χ3n) is 2.00. The second-order valence-electron chi connectivity index (χ2n) is 2.88. The van der Waals surface area contributed by atoms with Crippen molar-refractivity contribution in [2.24, 2.45) is 7.05 Å². The van der Waals surface area contributed by atoms with Gasteiger partial charge in [0.05, 0.1) is 5.02 Å². The van der Waals surface area contributed by atoms with Gasteiger partial charge in [-0.3, -0.25) is 4.57 Å². The van der Waals surface area contributed by atoms with Crippen molar-refractivity contribution < 1.29 is 4.42 Å². The van der Waals surface area contributed by atoms with Crippen LogP contribution < -0.4 is 5.76 Å². The summed E-state index contributed by atoms with van der Waals surface area (Å²) >= 11 is 5.94. The van der Waals surface area contributed by atoms with E-state index in [9.17, 15) is 4.79 Å². The number of oxazole rings is 1. The third-order valence-corrected chi connectivity index (χ3v) is 2.29. The van der Waals surface area contributed by atoms with E-state index in [0.717, 1.165) is 0 Å². The zero-order chi connectivity index (χ0) is 10.3. The minimum Gasteiger partial charge on any atom is -0.408 e. The highest BCUT2D eigenvalue weighted by Crippen LogP contribution is 2.23. The van der Waals surface area contributed by atoms with Gasteiger partial charge < -0.3 is 4.42 Å². The fraction of sp³-hybridized carbons (Fsp3) is 0.100. The zero-order valence-corrected chi connectivity index (χ0v) is 8.13. The lowest BCUT2D eigenvalue weighted by atomic mass is 10.2. The van der Waals surface area contributed by atoms with Crippen LogP contribution >= 0.6 is 11.6 Å². The summed E-state index contributed by atoms with van der Waals surface area (Å²) in [4.78, 5) is 11.2. The summed E-state index contributed by atoms with van der Waals surface area (Å²) in [7, 11) is 1.59. The molecular weight excluding hydrogens is 202 g/mol. The Morgan fingerprint density at radius 1 is 1.57 bits per heavy atom. The molecule has 4 heteroatoms. The van der Waals surface area contributed by atoms with Crippen LogP contribution in [-0.2, 0) is 7.05 Å². The highest BCUT2D eigenvalue weighted by molar-refractivity contribution is 6.35. The molecule has 0 saturated carbocycles. The fourth-order valence-corrected chi connectivity index (χ4v) is 1.65. The summed E-state index contributed by atoms with van der Waals surface area (Å²) in [5.74, 6) is 1.98. The largest absolute Gasteiger partial charge is 0.419 e. The maximum absolute atomic E-state index is 11.2.